The summed E-state index contributed by atoms with van der Waals surface area (Å²) in [5.41, 5.74) is 11.1. The molecule has 1 aromatic heterocycles. The number of rotatable bonds is 1. The van der Waals surface area contributed by atoms with Crippen molar-refractivity contribution in [2.24, 2.45) is 5.73 Å². The van der Waals surface area contributed by atoms with Crippen molar-refractivity contribution >= 4 is 5.95 Å². The molecule has 1 aromatic carbocycles. The highest BCUT2D eigenvalue weighted by Gasteiger charge is 2.22. The van der Waals surface area contributed by atoms with E-state index in [1.54, 1.807) is 0 Å². The highest BCUT2D eigenvalue weighted by atomic mass is 15.3. The van der Waals surface area contributed by atoms with Gasteiger partial charge in [0.1, 0.15) is 0 Å². The minimum Gasteiger partial charge on any atom is -0.339 e. The monoisotopic (exact) mass is 280 g/mol. The molecule has 0 bridgehead atoms. The van der Waals surface area contributed by atoms with E-state index >= 15 is 0 Å². The third kappa shape index (κ3) is 2.29. The number of nitrogens with zero attached hydrogens (tertiary/aromatic N) is 3. The van der Waals surface area contributed by atoms with Crippen LogP contribution >= 0.6 is 0 Å². The van der Waals surface area contributed by atoms with Gasteiger partial charge < -0.3 is 10.6 Å². The first kappa shape index (κ1) is 12.8. The fourth-order valence-corrected chi connectivity index (χ4v) is 3.40. The lowest BCUT2D eigenvalue weighted by molar-refractivity contribution is 0.499. The Morgan fingerprint density at radius 2 is 2.00 bits per heavy atom. The maximum Gasteiger partial charge on any atom is 0.225 e. The van der Waals surface area contributed by atoms with Crippen LogP contribution in [0.25, 0.3) is 11.3 Å². The number of aromatic nitrogens is 2. The second kappa shape index (κ2) is 5.11. The topological polar surface area (TPSA) is 55.0 Å². The Bertz CT molecular complexity index is 668. The first-order valence-electron chi connectivity index (χ1n) is 7.76. The summed E-state index contributed by atoms with van der Waals surface area (Å²) >= 11 is 0. The van der Waals surface area contributed by atoms with Gasteiger partial charge in [-0.15, -0.1) is 0 Å². The van der Waals surface area contributed by atoms with Gasteiger partial charge >= 0.3 is 0 Å². The molecule has 4 nitrogen and oxygen atoms in total. The molecule has 0 spiro atoms. The van der Waals surface area contributed by atoms with E-state index in [0.717, 1.165) is 50.4 Å². The van der Waals surface area contributed by atoms with E-state index in [9.17, 15) is 0 Å². The van der Waals surface area contributed by atoms with E-state index in [1.807, 2.05) is 6.20 Å². The number of aryl methyl sites for hydroxylation is 2. The van der Waals surface area contributed by atoms with Crippen molar-refractivity contribution < 1.29 is 0 Å². The maximum atomic E-state index is 6.08. The quantitative estimate of drug-likeness (QED) is 0.870. The van der Waals surface area contributed by atoms with Crippen molar-refractivity contribution in [1.82, 2.24) is 9.97 Å². The fourth-order valence-electron chi connectivity index (χ4n) is 3.40. The Balaban J connectivity index is 1.74. The molecule has 2 heterocycles. The average Bonchev–Trinajstić information content (AvgIpc) is 2.54. The van der Waals surface area contributed by atoms with Gasteiger partial charge in [0.2, 0.25) is 5.95 Å². The van der Waals surface area contributed by atoms with Crippen LogP contribution in [0.15, 0.2) is 30.5 Å². The van der Waals surface area contributed by atoms with Crippen LogP contribution < -0.4 is 10.6 Å². The predicted molar refractivity (Wildman–Crippen MR) is 84.3 cm³/mol. The number of piperidine rings is 1. The van der Waals surface area contributed by atoms with Gasteiger partial charge in [-0.1, -0.05) is 24.3 Å². The molecule has 2 aliphatic rings. The highest BCUT2D eigenvalue weighted by Crippen LogP contribution is 2.32. The zero-order valence-electron chi connectivity index (χ0n) is 12.1. The predicted octanol–water partition coefficient (Wildman–Crippen LogP) is 2.17. The zero-order valence-corrected chi connectivity index (χ0v) is 12.1. The minimum absolute atomic E-state index is 0.241. The SMILES string of the molecule is NC1CCCN(c2ncc3c(n2)-c2ccccc2CC3)C1. The first-order chi connectivity index (χ1) is 10.3. The van der Waals surface area contributed by atoms with Crippen LogP contribution in [-0.4, -0.2) is 29.1 Å². The number of nitrogens with two attached hydrogens (primary N) is 1. The largest absolute Gasteiger partial charge is 0.339 e. The van der Waals surface area contributed by atoms with Crippen molar-refractivity contribution in [3.8, 4) is 11.3 Å². The highest BCUT2D eigenvalue weighted by molar-refractivity contribution is 5.70. The van der Waals surface area contributed by atoms with E-state index in [2.05, 4.69) is 34.1 Å². The van der Waals surface area contributed by atoms with Crippen molar-refractivity contribution in [3.63, 3.8) is 0 Å². The minimum atomic E-state index is 0.241. The van der Waals surface area contributed by atoms with Crippen LogP contribution in [0.4, 0.5) is 5.95 Å². The van der Waals surface area contributed by atoms with Gasteiger partial charge in [0.15, 0.2) is 0 Å². The van der Waals surface area contributed by atoms with E-state index in [4.69, 9.17) is 10.7 Å². The van der Waals surface area contributed by atoms with Gasteiger partial charge in [-0.3, -0.25) is 0 Å². The summed E-state index contributed by atoms with van der Waals surface area (Å²) in [7, 11) is 0. The molecule has 4 rings (SSSR count). The molecule has 1 atom stereocenters. The Labute approximate surface area is 125 Å². The smallest absolute Gasteiger partial charge is 0.225 e. The van der Waals surface area contributed by atoms with Gasteiger partial charge in [-0.05, 0) is 36.8 Å². The molecular weight excluding hydrogens is 260 g/mol. The zero-order chi connectivity index (χ0) is 14.2. The van der Waals surface area contributed by atoms with Gasteiger partial charge in [-0.2, -0.15) is 0 Å². The normalized spacial score (nSPS) is 20.8. The fraction of sp³-hybridized carbons (Fsp3) is 0.412. The van der Waals surface area contributed by atoms with Crippen LogP contribution in [-0.2, 0) is 12.8 Å². The molecule has 2 N–H and O–H groups in total. The number of hydrogen-bond acceptors (Lipinski definition) is 4. The number of hydrogen-bond donors (Lipinski definition) is 1. The molecule has 0 radical (unpaired) electrons. The van der Waals surface area contributed by atoms with Gasteiger partial charge in [0.05, 0.1) is 5.69 Å². The molecule has 108 valence electrons. The van der Waals surface area contributed by atoms with E-state index in [-0.39, 0.29) is 6.04 Å². The van der Waals surface area contributed by atoms with E-state index in [1.165, 1.54) is 16.7 Å². The Hall–Kier alpha value is -1.94. The summed E-state index contributed by atoms with van der Waals surface area (Å²) < 4.78 is 0. The lowest BCUT2D eigenvalue weighted by Crippen LogP contribution is -2.43. The van der Waals surface area contributed by atoms with Gasteiger partial charge in [0.25, 0.3) is 0 Å². The third-order valence-corrected chi connectivity index (χ3v) is 4.53. The lowest BCUT2D eigenvalue weighted by Gasteiger charge is -2.31. The van der Waals surface area contributed by atoms with Crippen LogP contribution in [0.5, 0.6) is 0 Å². The standard InChI is InChI=1S/C17H20N4/c18-14-5-3-9-21(11-14)17-19-10-13-8-7-12-4-1-2-6-15(12)16(13)20-17/h1-2,4,6,10,14H,3,5,7-9,11,18H2. The molecule has 1 fully saturated rings. The van der Waals surface area contributed by atoms with Crippen LogP contribution in [0.2, 0.25) is 0 Å². The van der Waals surface area contributed by atoms with E-state index < -0.39 is 0 Å². The maximum absolute atomic E-state index is 6.08. The number of fused-ring (bicyclic) bond motifs is 3. The van der Waals surface area contributed by atoms with Crippen LogP contribution in [0.1, 0.15) is 24.0 Å². The van der Waals surface area contributed by atoms with Gasteiger partial charge in [0, 0.05) is 30.9 Å². The number of anilines is 1. The Morgan fingerprint density at radius 1 is 1.14 bits per heavy atom. The summed E-state index contributed by atoms with van der Waals surface area (Å²) in [5.74, 6) is 0.834. The molecule has 1 aliphatic heterocycles. The first-order valence-corrected chi connectivity index (χ1v) is 7.76. The summed E-state index contributed by atoms with van der Waals surface area (Å²) in [4.78, 5) is 11.7. The van der Waals surface area contributed by atoms with Crippen LogP contribution in [0.3, 0.4) is 0 Å². The van der Waals surface area contributed by atoms with Crippen molar-refractivity contribution in [3.05, 3.63) is 41.6 Å². The second-order valence-electron chi connectivity index (χ2n) is 6.05. The molecular formula is C17H20N4. The molecule has 4 heteroatoms. The second-order valence-corrected chi connectivity index (χ2v) is 6.05. The summed E-state index contributed by atoms with van der Waals surface area (Å²) in [6.07, 6.45) is 6.35. The van der Waals surface area contributed by atoms with Gasteiger partial charge in [-0.25, -0.2) is 9.97 Å². The molecule has 1 saturated heterocycles. The van der Waals surface area contributed by atoms with E-state index in [0.29, 0.717) is 0 Å². The average molecular weight is 280 g/mol. The van der Waals surface area contributed by atoms with Crippen molar-refractivity contribution in [2.75, 3.05) is 18.0 Å². The third-order valence-electron chi connectivity index (χ3n) is 4.53. The number of benzene rings is 1. The molecule has 21 heavy (non-hydrogen) atoms. The van der Waals surface area contributed by atoms with Crippen LogP contribution in [0, 0.1) is 0 Å². The molecule has 2 aromatic rings. The Morgan fingerprint density at radius 3 is 2.90 bits per heavy atom. The summed E-state index contributed by atoms with van der Waals surface area (Å²) in [6.45, 7) is 1.87. The van der Waals surface area contributed by atoms with Crippen molar-refractivity contribution in [2.45, 2.75) is 31.7 Å². The summed E-state index contributed by atoms with van der Waals surface area (Å²) in [6, 6.07) is 8.82. The molecule has 0 amide bonds. The summed E-state index contributed by atoms with van der Waals surface area (Å²) in [5, 5.41) is 0. The van der Waals surface area contributed by atoms with Crippen molar-refractivity contribution in [1.29, 1.82) is 0 Å². The lowest BCUT2D eigenvalue weighted by atomic mass is 9.90. The molecule has 0 saturated carbocycles. The Kier molecular flexibility index (Phi) is 3.11. The molecule has 1 unspecified atom stereocenters. The molecule has 1 aliphatic carbocycles.